The van der Waals surface area contributed by atoms with Crippen molar-refractivity contribution < 1.29 is 8.81 Å². The molecule has 0 saturated carbocycles. The molecule has 1 atom stereocenters. The van der Waals surface area contributed by atoms with E-state index in [1.165, 1.54) is 12.1 Å². The minimum atomic E-state index is -0.409. The lowest BCUT2D eigenvalue weighted by Crippen LogP contribution is -2.34. The summed E-state index contributed by atoms with van der Waals surface area (Å²) in [5.41, 5.74) is 5.59. The van der Waals surface area contributed by atoms with E-state index in [0.29, 0.717) is 11.5 Å². The number of benzene rings is 2. The highest BCUT2D eigenvalue weighted by molar-refractivity contribution is 5.76. The molecule has 0 radical (unpaired) electrons. The Morgan fingerprint density at radius 2 is 2.00 bits per heavy atom. The highest BCUT2D eigenvalue weighted by Gasteiger charge is 2.24. The van der Waals surface area contributed by atoms with Gasteiger partial charge in [-0.25, -0.2) is 9.18 Å². The van der Waals surface area contributed by atoms with Crippen LogP contribution in [0.3, 0.4) is 0 Å². The zero-order chi connectivity index (χ0) is 20.5. The number of hydrogen-bond acceptors (Lipinski definition) is 4. The molecule has 0 amide bonds. The van der Waals surface area contributed by atoms with E-state index in [4.69, 9.17) is 4.42 Å². The normalized spacial score (nSPS) is 17.4. The van der Waals surface area contributed by atoms with Gasteiger partial charge in [-0.1, -0.05) is 24.3 Å². The third-order valence-electron chi connectivity index (χ3n) is 5.80. The average molecular weight is 403 g/mol. The number of nitrogens with one attached hydrogen (secondary N) is 1. The molecule has 1 fully saturated rings. The van der Waals surface area contributed by atoms with Crippen LogP contribution in [0, 0.1) is 5.82 Å². The van der Waals surface area contributed by atoms with E-state index in [0.717, 1.165) is 60.2 Å². The molecule has 0 aliphatic carbocycles. The average Bonchev–Trinajstić information content (AvgIpc) is 3.15. The second-order valence-corrected chi connectivity index (χ2v) is 7.90. The summed E-state index contributed by atoms with van der Waals surface area (Å²) in [7, 11) is 0. The van der Waals surface area contributed by atoms with Crippen molar-refractivity contribution in [1.29, 1.82) is 0 Å². The number of hydrogen-bond donors (Lipinski definition) is 1. The summed E-state index contributed by atoms with van der Waals surface area (Å²) in [5.74, 6) is -0.334. The first-order chi connectivity index (χ1) is 14.7. The van der Waals surface area contributed by atoms with Gasteiger partial charge in [-0.15, -0.1) is 0 Å². The monoisotopic (exact) mass is 403 g/mol. The molecule has 30 heavy (non-hydrogen) atoms. The molecule has 1 aliphatic rings. The number of rotatable bonds is 4. The molecule has 1 N–H and O–H groups in total. The van der Waals surface area contributed by atoms with Crippen LogP contribution in [0.15, 0.2) is 70.1 Å². The molecule has 3 heterocycles. The van der Waals surface area contributed by atoms with Crippen molar-refractivity contribution in [3.05, 3.63) is 88.4 Å². The van der Waals surface area contributed by atoms with E-state index in [1.54, 1.807) is 12.1 Å². The van der Waals surface area contributed by atoms with Gasteiger partial charge in [0.2, 0.25) is 0 Å². The van der Waals surface area contributed by atoms with E-state index in [2.05, 4.69) is 27.0 Å². The fraction of sp³-hybridized carbons (Fsp3) is 0.250. The molecule has 5 nitrogen and oxygen atoms in total. The summed E-state index contributed by atoms with van der Waals surface area (Å²) in [5, 5.41) is 0. The van der Waals surface area contributed by atoms with Crippen molar-refractivity contribution in [1.82, 2.24) is 14.9 Å². The first-order valence-corrected chi connectivity index (χ1v) is 10.2. The van der Waals surface area contributed by atoms with Gasteiger partial charge in [0.1, 0.15) is 5.82 Å². The third kappa shape index (κ3) is 3.78. The summed E-state index contributed by atoms with van der Waals surface area (Å²) in [6.07, 6.45) is 5.85. The number of pyridine rings is 1. The van der Waals surface area contributed by atoms with Crippen LogP contribution in [-0.4, -0.2) is 28.0 Å². The number of H-pyrrole nitrogens is 1. The highest BCUT2D eigenvalue weighted by atomic mass is 19.1. The number of piperidine rings is 1. The van der Waals surface area contributed by atoms with Crippen LogP contribution in [0.2, 0.25) is 0 Å². The van der Waals surface area contributed by atoms with Gasteiger partial charge in [0, 0.05) is 42.5 Å². The number of nitrogens with zero attached hydrogens (tertiary/aromatic N) is 2. The highest BCUT2D eigenvalue weighted by Crippen LogP contribution is 2.32. The van der Waals surface area contributed by atoms with Gasteiger partial charge in [-0.05, 0) is 54.8 Å². The molecule has 4 aromatic rings. The molecule has 2 aromatic carbocycles. The van der Waals surface area contributed by atoms with Gasteiger partial charge in [0.05, 0.1) is 5.52 Å². The lowest BCUT2D eigenvalue weighted by atomic mass is 9.90. The van der Waals surface area contributed by atoms with E-state index in [1.807, 2.05) is 24.5 Å². The van der Waals surface area contributed by atoms with Crippen LogP contribution in [0.1, 0.15) is 29.9 Å². The van der Waals surface area contributed by atoms with Crippen LogP contribution >= 0.6 is 0 Å². The minimum Gasteiger partial charge on any atom is -0.408 e. The van der Waals surface area contributed by atoms with Crippen LogP contribution in [-0.2, 0) is 6.54 Å². The predicted molar refractivity (Wildman–Crippen MR) is 114 cm³/mol. The number of aromatic amines is 1. The number of aromatic nitrogens is 2. The molecule has 2 aromatic heterocycles. The van der Waals surface area contributed by atoms with Crippen molar-refractivity contribution in [2.75, 3.05) is 13.1 Å². The van der Waals surface area contributed by atoms with Gasteiger partial charge in [0.25, 0.3) is 0 Å². The van der Waals surface area contributed by atoms with Crippen molar-refractivity contribution >= 4 is 11.1 Å². The zero-order valence-corrected chi connectivity index (χ0v) is 16.5. The second-order valence-electron chi connectivity index (χ2n) is 7.90. The predicted octanol–water partition coefficient (Wildman–Crippen LogP) is 4.70. The largest absolute Gasteiger partial charge is 0.417 e. The maximum atomic E-state index is 13.2. The fourth-order valence-electron chi connectivity index (χ4n) is 4.40. The van der Waals surface area contributed by atoms with Crippen molar-refractivity contribution in [3.63, 3.8) is 0 Å². The van der Waals surface area contributed by atoms with Crippen LogP contribution in [0.5, 0.6) is 0 Å². The van der Waals surface area contributed by atoms with Crippen molar-refractivity contribution in [2.24, 2.45) is 0 Å². The molecule has 1 aliphatic heterocycles. The number of likely N-dealkylation sites (tertiary alicyclic amines) is 1. The van der Waals surface area contributed by atoms with Gasteiger partial charge < -0.3 is 4.42 Å². The van der Waals surface area contributed by atoms with Crippen molar-refractivity contribution in [2.45, 2.75) is 25.3 Å². The van der Waals surface area contributed by atoms with E-state index >= 15 is 0 Å². The van der Waals surface area contributed by atoms with Gasteiger partial charge in [-0.3, -0.25) is 14.9 Å². The minimum absolute atomic E-state index is 0.240. The van der Waals surface area contributed by atoms with Gasteiger partial charge >= 0.3 is 5.76 Å². The summed E-state index contributed by atoms with van der Waals surface area (Å²) in [6, 6.07) is 14.5. The van der Waals surface area contributed by atoms with E-state index in [-0.39, 0.29) is 5.82 Å². The number of fused-ring (bicyclic) bond motifs is 1. The van der Waals surface area contributed by atoms with Gasteiger partial charge in [-0.2, -0.15) is 0 Å². The Morgan fingerprint density at radius 1 is 1.13 bits per heavy atom. The fourth-order valence-corrected chi connectivity index (χ4v) is 4.40. The van der Waals surface area contributed by atoms with E-state index < -0.39 is 5.76 Å². The lowest BCUT2D eigenvalue weighted by Gasteiger charge is -2.33. The van der Waals surface area contributed by atoms with E-state index in [9.17, 15) is 9.18 Å². The van der Waals surface area contributed by atoms with Crippen molar-refractivity contribution in [3.8, 4) is 11.1 Å². The first kappa shape index (κ1) is 18.8. The number of oxazole rings is 1. The van der Waals surface area contributed by atoms with Crippen LogP contribution < -0.4 is 5.76 Å². The molecular weight excluding hydrogens is 381 g/mol. The molecule has 0 spiro atoms. The molecule has 6 heteroatoms. The Balaban J connectivity index is 1.35. The first-order valence-electron chi connectivity index (χ1n) is 10.2. The molecular formula is C24H22FN3O2. The Hall–Kier alpha value is -3.25. The standard InChI is InChI=1S/C24H22FN3O2/c25-20-8-6-17(7-9-20)19-11-16(12-26-13-19)14-28-10-2-3-18(15-28)21-4-1-5-22-23(21)30-24(29)27-22/h1,4-9,11-13,18H,2-3,10,14-15H2,(H,27,29). The summed E-state index contributed by atoms with van der Waals surface area (Å²) >= 11 is 0. The topological polar surface area (TPSA) is 62.1 Å². The SMILES string of the molecule is O=c1[nH]c2cccc(C3CCCN(Cc4cncc(-c5ccc(F)cc5)c4)C3)c2o1. The van der Waals surface area contributed by atoms with Gasteiger partial charge in [0.15, 0.2) is 5.58 Å². The number of para-hydroxylation sites is 1. The third-order valence-corrected chi connectivity index (χ3v) is 5.80. The molecule has 5 rings (SSSR count). The Kier molecular flexibility index (Phi) is 4.93. The Morgan fingerprint density at radius 3 is 2.87 bits per heavy atom. The summed E-state index contributed by atoms with van der Waals surface area (Å²) in [4.78, 5) is 21.2. The smallest absolute Gasteiger partial charge is 0.408 e. The van der Waals surface area contributed by atoms with Crippen LogP contribution in [0.4, 0.5) is 4.39 Å². The Bertz CT molecular complexity index is 1230. The second kappa shape index (κ2) is 7.88. The summed E-state index contributed by atoms with van der Waals surface area (Å²) in [6.45, 7) is 2.71. The number of halogens is 1. The molecule has 1 unspecified atom stereocenters. The maximum Gasteiger partial charge on any atom is 0.417 e. The molecule has 0 bridgehead atoms. The molecule has 152 valence electrons. The summed E-state index contributed by atoms with van der Waals surface area (Å²) < 4.78 is 18.6. The maximum absolute atomic E-state index is 13.2. The lowest BCUT2D eigenvalue weighted by molar-refractivity contribution is 0.200. The molecule has 1 saturated heterocycles. The Labute approximate surface area is 173 Å². The van der Waals surface area contributed by atoms with Crippen LogP contribution in [0.25, 0.3) is 22.2 Å². The zero-order valence-electron chi connectivity index (χ0n) is 16.5. The quantitative estimate of drug-likeness (QED) is 0.536.